The molecule has 1 aliphatic heterocycles. The van der Waals surface area contributed by atoms with E-state index in [1.54, 1.807) is 9.77 Å². The number of fused-ring (bicyclic) bond motifs is 5. The van der Waals surface area contributed by atoms with Crippen LogP contribution in [0.2, 0.25) is 18.6 Å². The van der Waals surface area contributed by atoms with Gasteiger partial charge in [-0.1, -0.05) is 68.5 Å². The van der Waals surface area contributed by atoms with E-state index in [-0.39, 0.29) is 5.54 Å². The smallest absolute Gasteiger partial charge is 0.124 e. The van der Waals surface area contributed by atoms with Crippen LogP contribution in [0, 0.1) is 5.92 Å². The van der Waals surface area contributed by atoms with Gasteiger partial charge in [-0.3, -0.25) is 0 Å². The van der Waals surface area contributed by atoms with Crippen molar-refractivity contribution < 1.29 is 0 Å². The highest BCUT2D eigenvalue weighted by Gasteiger charge is 2.59. The summed E-state index contributed by atoms with van der Waals surface area (Å²) in [5.41, 5.74) is 2.44. The summed E-state index contributed by atoms with van der Waals surface area (Å²) in [4.78, 5) is 7.39. The van der Waals surface area contributed by atoms with Gasteiger partial charge in [-0.15, -0.1) is 23.1 Å². The Bertz CT molecular complexity index is 1070. The molecule has 2 aliphatic rings. The van der Waals surface area contributed by atoms with Crippen LogP contribution in [0.25, 0.3) is 10.1 Å². The molecule has 5 unspecified atom stereocenters. The van der Waals surface area contributed by atoms with Crippen LogP contribution in [0.4, 0.5) is 0 Å². The fraction of sp³-hybridized carbons (Fsp3) is 0.462. The van der Waals surface area contributed by atoms with Crippen LogP contribution in [0.15, 0.2) is 59.5 Å². The molecule has 5 atom stereocenters. The lowest BCUT2D eigenvalue weighted by atomic mass is 9.83. The first-order valence-electron chi connectivity index (χ1n) is 11.2. The average molecular weight is 452 g/mol. The van der Waals surface area contributed by atoms with Crippen molar-refractivity contribution in [2.45, 2.75) is 73.9 Å². The molecule has 0 spiro atoms. The van der Waals surface area contributed by atoms with E-state index >= 15 is 0 Å². The topological polar surface area (TPSA) is 12.0 Å². The Labute approximate surface area is 190 Å². The maximum Gasteiger partial charge on any atom is 0.124 e. The molecule has 30 heavy (non-hydrogen) atoms. The summed E-state index contributed by atoms with van der Waals surface area (Å²) < 4.78 is 1.46. The zero-order valence-electron chi connectivity index (χ0n) is 18.9. The number of hydrogen-bond acceptors (Lipinski definition) is 3. The lowest BCUT2D eigenvalue weighted by Gasteiger charge is -2.42. The predicted molar refractivity (Wildman–Crippen MR) is 137 cm³/mol. The summed E-state index contributed by atoms with van der Waals surface area (Å²) in [7, 11) is -1.68. The molecule has 0 bridgehead atoms. The van der Waals surface area contributed by atoms with Crippen LogP contribution in [0.3, 0.4) is 0 Å². The Balaban J connectivity index is 1.64. The van der Waals surface area contributed by atoms with Crippen LogP contribution < -0.4 is 4.98 Å². The van der Waals surface area contributed by atoms with Gasteiger partial charge in [-0.05, 0) is 49.8 Å². The molecule has 1 aromatic heterocycles. The third-order valence-electron chi connectivity index (χ3n) is 7.07. The third-order valence-corrected chi connectivity index (χ3v) is 14.2. The van der Waals surface area contributed by atoms with Gasteiger partial charge in [0, 0.05) is 36.6 Å². The Morgan fingerprint density at radius 1 is 0.900 bits per heavy atom. The molecular weight excluding hydrogens is 419 g/mol. The lowest BCUT2D eigenvalue weighted by molar-refractivity contribution is 0.473. The van der Waals surface area contributed by atoms with Crippen molar-refractivity contribution in [3.8, 4) is 0 Å². The average Bonchev–Trinajstić information content (AvgIpc) is 3.27. The molecule has 0 radical (unpaired) electrons. The van der Waals surface area contributed by atoms with E-state index in [0.717, 1.165) is 5.54 Å². The molecule has 2 aromatic carbocycles. The summed E-state index contributed by atoms with van der Waals surface area (Å²) in [6.45, 7) is 14.7. The fourth-order valence-electron chi connectivity index (χ4n) is 6.56. The molecule has 158 valence electrons. The van der Waals surface area contributed by atoms with Crippen molar-refractivity contribution in [1.82, 2.24) is 4.98 Å². The molecular formula is C26H33NS2Si. The molecule has 1 nitrogen and oxygen atoms in total. The maximum atomic E-state index is 4.14. The highest BCUT2D eigenvalue weighted by atomic mass is 32.2. The Hall–Kier alpha value is -1.07. The molecule has 5 rings (SSSR count). The molecule has 1 aliphatic carbocycles. The largest absolute Gasteiger partial charge is 0.332 e. The van der Waals surface area contributed by atoms with Crippen LogP contribution in [0.1, 0.15) is 50.0 Å². The fourth-order valence-corrected chi connectivity index (χ4v) is 15.8. The van der Waals surface area contributed by atoms with Crippen molar-refractivity contribution in [3.63, 3.8) is 0 Å². The van der Waals surface area contributed by atoms with Gasteiger partial charge in [0.25, 0.3) is 0 Å². The zero-order chi connectivity index (χ0) is 21.3. The van der Waals surface area contributed by atoms with E-state index < -0.39 is 8.24 Å². The molecule has 3 aromatic rings. The minimum atomic E-state index is -1.68. The van der Waals surface area contributed by atoms with Crippen molar-refractivity contribution in [2.24, 2.45) is 5.92 Å². The van der Waals surface area contributed by atoms with Crippen molar-refractivity contribution in [2.75, 3.05) is 0 Å². The number of benzene rings is 2. The first-order chi connectivity index (χ1) is 14.2. The standard InChI is InChI=1S/C26H33NS2Si/c1-16-20(17-12-8-7-9-13-17)21-23-22(18-14-10-11-15-19(18)28-23)29-24(21)25(16)30(5,6)27-26(2,3)4/h7-16,20-21,24-25,27H,1-6H3. The van der Waals surface area contributed by atoms with E-state index in [0.29, 0.717) is 23.0 Å². The Kier molecular flexibility index (Phi) is 5.01. The van der Waals surface area contributed by atoms with E-state index in [1.807, 2.05) is 0 Å². The van der Waals surface area contributed by atoms with E-state index in [1.165, 1.54) is 15.6 Å². The van der Waals surface area contributed by atoms with Gasteiger partial charge in [-0.25, -0.2) is 0 Å². The van der Waals surface area contributed by atoms with E-state index in [2.05, 4.69) is 123 Å². The second kappa shape index (κ2) is 7.23. The Morgan fingerprint density at radius 2 is 1.57 bits per heavy atom. The second-order valence-electron chi connectivity index (χ2n) is 10.8. The summed E-state index contributed by atoms with van der Waals surface area (Å²) in [6, 6.07) is 20.4. The van der Waals surface area contributed by atoms with Gasteiger partial charge in [0.05, 0.1) is 0 Å². The first-order valence-corrected chi connectivity index (χ1v) is 16.0. The number of rotatable bonds is 3. The summed E-state index contributed by atoms with van der Waals surface area (Å²) in [5, 5.41) is 2.17. The van der Waals surface area contributed by atoms with Gasteiger partial charge in [0.2, 0.25) is 0 Å². The number of thiophene rings is 1. The number of thioether (sulfide) groups is 1. The van der Waals surface area contributed by atoms with Gasteiger partial charge < -0.3 is 4.98 Å². The van der Waals surface area contributed by atoms with Gasteiger partial charge in [0.1, 0.15) is 8.24 Å². The van der Waals surface area contributed by atoms with Crippen LogP contribution >= 0.6 is 23.1 Å². The maximum absolute atomic E-state index is 4.14. The molecule has 1 fully saturated rings. The minimum Gasteiger partial charge on any atom is -0.332 e. The highest BCUT2D eigenvalue weighted by Crippen LogP contribution is 2.69. The normalized spacial score (nSPS) is 28.7. The predicted octanol–water partition coefficient (Wildman–Crippen LogP) is 7.86. The SMILES string of the molecule is CC1C(c2ccccc2)C2c3sc4ccccc4c3SC2C1[Si](C)(C)NC(C)(C)C. The van der Waals surface area contributed by atoms with Crippen LogP contribution in [0.5, 0.6) is 0 Å². The minimum absolute atomic E-state index is 0.163. The molecule has 2 heterocycles. The quantitative estimate of drug-likeness (QED) is 0.407. The van der Waals surface area contributed by atoms with Crippen LogP contribution in [-0.2, 0) is 0 Å². The third kappa shape index (κ3) is 3.31. The van der Waals surface area contributed by atoms with E-state index in [9.17, 15) is 0 Å². The summed E-state index contributed by atoms with van der Waals surface area (Å²) >= 11 is 4.27. The number of nitrogens with one attached hydrogen (secondary N) is 1. The van der Waals surface area contributed by atoms with Crippen molar-refractivity contribution in [3.05, 3.63) is 65.0 Å². The summed E-state index contributed by atoms with van der Waals surface area (Å²) in [5.74, 6) is 1.93. The molecule has 0 saturated heterocycles. The molecule has 1 saturated carbocycles. The lowest BCUT2D eigenvalue weighted by Crippen LogP contribution is -2.59. The molecule has 1 N–H and O–H groups in total. The first kappa shape index (κ1) is 20.8. The van der Waals surface area contributed by atoms with Crippen LogP contribution in [-0.4, -0.2) is 19.0 Å². The van der Waals surface area contributed by atoms with Crippen molar-refractivity contribution >= 4 is 41.4 Å². The Morgan fingerprint density at radius 3 is 2.27 bits per heavy atom. The van der Waals surface area contributed by atoms with Gasteiger partial charge in [0.15, 0.2) is 0 Å². The highest BCUT2D eigenvalue weighted by molar-refractivity contribution is 8.00. The number of hydrogen-bond donors (Lipinski definition) is 1. The van der Waals surface area contributed by atoms with Crippen molar-refractivity contribution in [1.29, 1.82) is 0 Å². The molecule has 4 heteroatoms. The van der Waals surface area contributed by atoms with Gasteiger partial charge in [-0.2, -0.15) is 0 Å². The second-order valence-corrected chi connectivity index (χ2v) is 17.5. The monoisotopic (exact) mass is 451 g/mol. The van der Waals surface area contributed by atoms with Gasteiger partial charge >= 0.3 is 0 Å². The zero-order valence-corrected chi connectivity index (χ0v) is 21.5. The molecule has 0 amide bonds. The van der Waals surface area contributed by atoms with E-state index in [4.69, 9.17) is 0 Å². The summed E-state index contributed by atoms with van der Waals surface area (Å²) in [6.07, 6.45) is 0.